The Kier molecular flexibility index (Phi) is 3.36. The number of hydrogen-bond acceptors (Lipinski definition) is 2. The number of anilines is 1. The summed E-state index contributed by atoms with van der Waals surface area (Å²) < 4.78 is 0. The molecule has 1 aliphatic heterocycles. The van der Waals surface area contributed by atoms with E-state index in [9.17, 15) is 4.79 Å². The number of nitrogens with two attached hydrogens (primary N) is 1. The number of rotatable bonds is 1. The molecule has 2 N–H and O–H groups in total. The summed E-state index contributed by atoms with van der Waals surface area (Å²) in [7, 11) is 0. The van der Waals surface area contributed by atoms with Crippen molar-refractivity contribution in [1.82, 2.24) is 4.90 Å². The molecule has 3 heteroatoms. The Balaban J connectivity index is 2.27. The SMILES string of the molecule is C[C@@H]1CCC[C@@H](C)N1C(=O)c1ccccc1N. The number of likely N-dealkylation sites (tertiary alicyclic amines) is 1. The fourth-order valence-corrected chi connectivity index (χ4v) is 2.65. The summed E-state index contributed by atoms with van der Waals surface area (Å²) in [6.07, 6.45) is 3.38. The van der Waals surface area contributed by atoms with Gasteiger partial charge in [0.25, 0.3) is 5.91 Å². The van der Waals surface area contributed by atoms with E-state index in [1.165, 1.54) is 6.42 Å². The fraction of sp³-hybridized carbons (Fsp3) is 0.500. The third kappa shape index (κ3) is 2.28. The molecule has 1 fully saturated rings. The highest BCUT2D eigenvalue weighted by Gasteiger charge is 2.30. The van der Waals surface area contributed by atoms with Crippen molar-refractivity contribution in [3.05, 3.63) is 29.8 Å². The zero-order valence-electron chi connectivity index (χ0n) is 10.5. The van der Waals surface area contributed by atoms with Gasteiger partial charge in [0.05, 0.1) is 5.56 Å². The van der Waals surface area contributed by atoms with Crippen LogP contribution in [-0.2, 0) is 0 Å². The van der Waals surface area contributed by atoms with Gasteiger partial charge in [-0.2, -0.15) is 0 Å². The van der Waals surface area contributed by atoms with Crippen LogP contribution in [0, 0.1) is 0 Å². The first-order chi connectivity index (χ1) is 8.11. The van der Waals surface area contributed by atoms with Gasteiger partial charge in [0.1, 0.15) is 0 Å². The van der Waals surface area contributed by atoms with Crippen LogP contribution in [0.1, 0.15) is 43.5 Å². The molecule has 0 saturated carbocycles. The van der Waals surface area contributed by atoms with E-state index in [2.05, 4.69) is 13.8 Å². The highest BCUT2D eigenvalue weighted by Crippen LogP contribution is 2.26. The van der Waals surface area contributed by atoms with E-state index in [1.807, 2.05) is 23.1 Å². The molecule has 1 aromatic rings. The van der Waals surface area contributed by atoms with Crippen molar-refractivity contribution in [2.24, 2.45) is 0 Å². The van der Waals surface area contributed by atoms with E-state index in [0.717, 1.165) is 12.8 Å². The number of amides is 1. The van der Waals surface area contributed by atoms with Crippen LogP contribution in [0.4, 0.5) is 5.69 Å². The van der Waals surface area contributed by atoms with Gasteiger partial charge in [-0.25, -0.2) is 0 Å². The minimum Gasteiger partial charge on any atom is -0.398 e. The Bertz CT molecular complexity index is 406. The molecule has 1 aliphatic rings. The summed E-state index contributed by atoms with van der Waals surface area (Å²) in [5, 5.41) is 0. The van der Waals surface area contributed by atoms with Crippen LogP contribution in [0.25, 0.3) is 0 Å². The van der Waals surface area contributed by atoms with Crippen LogP contribution in [0.3, 0.4) is 0 Å². The zero-order valence-corrected chi connectivity index (χ0v) is 10.5. The molecule has 0 radical (unpaired) electrons. The standard InChI is InChI=1S/C14H20N2O/c1-10-6-5-7-11(2)16(10)14(17)12-8-3-4-9-13(12)15/h3-4,8-11H,5-7,15H2,1-2H3/t10-,11-/m1/s1. The smallest absolute Gasteiger partial charge is 0.256 e. The molecule has 1 saturated heterocycles. The molecular weight excluding hydrogens is 212 g/mol. The molecule has 2 rings (SSSR count). The van der Waals surface area contributed by atoms with E-state index >= 15 is 0 Å². The first-order valence-electron chi connectivity index (χ1n) is 6.28. The zero-order chi connectivity index (χ0) is 12.4. The van der Waals surface area contributed by atoms with Gasteiger partial charge in [0.2, 0.25) is 0 Å². The average molecular weight is 232 g/mol. The van der Waals surface area contributed by atoms with Gasteiger partial charge < -0.3 is 10.6 Å². The third-order valence-electron chi connectivity index (χ3n) is 3.62. The van der Waals surface area contributed by atoms with Crippen molar-refractivity contribution in [3.8, 4) is 0 Å². The second-order valence-electron chi connectivity index (χ2n) is 4.93. The predicted octanol–water partition coefficient (Wildman–Crippen LogP) is 2.67. The highest BCUT2D eigenvalue weighted by molar-refractivity contribution is 5.99. The lowest BCUT2D eigenvalue weighted by Crippen LogP contribution is -2.47. The summed E-state index contributed by atoms with van der Waals surface area (Å²) in [6, 6.07) is 7.94. The van der Waals surface area contributed by atoms with Gasteiger partial charge in [-0.3, -0.25) is 4.79 Å². The molecule has 0 bridgehead atoms. The Hall–Kier alpha value is -1.51. The van der Waals surface area contributed by atoms with Crippen LogP contribution in [0.5, 0.6) is 0 Å². The molecule has 2 atom stereocenters. The minimum atomic E-state index is 0.0720. The maximum absolute atomic E-state index is 12.5. The van der Waals surface area contributed by atoms with Crippen LogP contribution in [0.2, 0.25) is 0 Å². The number of carbonyl (C=O) groups is 1. The normalized spacial score (nSPS) is 24.7. The predicted molar refractivity (Wildman–Crippen MR) is 69.8 cm³/mol. The quantitative estimate of drug-likeness (QED) is 0.757. The lowest BCUT2D eigenvalue weighted by Gasteiger charge is -2.39. The van der Waals surface area contributed by atoms with Gasteiger partial charge in [-0.15, -0.1) is 0 Å². The number of nitrogens with zero attached hydrogens (tertiary/aromatic N) is 1. The third-order valence-corrected chi connectivity index (χ3v) is 3.62. The molecule has 3 nitrogen and oxygen atoms in total. The Labute approximate surface area is 103 Å². The number of carbonyl (C=O) groups excluding carboxylic acids is 1. The second kappa shape index (κ2) is 4.78. The summed E-state index contributed by atoms with van der Waals surface area (Å²) in [5.41, 5.74) is 7.08. The van der Waals surface area contributed by atoms with Crippen molar-refractivity contribution in [2.75, 3.05) is 5.73 Å². The van der Waals surface area contributed by atoms with Crippen LogP contribution in [-0.4, -0.2) is 22.9 Å². The largest absolute Gasteiger partial charge is 0.398 e. The van der Waals surface area contributed by atoms with Crippen LogP contribution >= 0.6 is 0 Å². The first kappa shape index (κ1) is 12.0. The van der Waals surface area contributed by atoms with Gasteiger partial charge >= 0.3 is 0 Å². The first-order valence-corrected chi connectivity index (χ1v) is 6.28. The Morgan fingerprint density at radius 1 is 1.24 bits per heavy atom. The molecule has 0 unspecified atom stereocenters. The van der Waals surface area contributed by atoms with Crippen LogP contribution < -0.4 is 5.73 Å². The molecule has 17 heavy (non-hydrogen) atoms. The lowest BCUT2D eigenvalue weighted by molar-refractivity contribution is 0.0512. The lowest BCUT2D eigenvalue weighted by atomic mass is 9.96. The van der Waals surface area contributed by atoms with E-state index in [0.29, 0.717) is 23.3 Å². The summed E-state index contributed by atoms with van der Waals surface area (Å²) in [5.74, 6) is 0.0720. The molecule has 1 heterocycles. The maximum Gasteiger partial charge on any atom is 0.256 e. The minimum absolute atomic E-state index is 0.0720. The number of para-hydroxylation sites is 1. The number of benzene rings is 1. The van der Waals surface area contributed by atoms with E-state index in [1.54, 1.807) is 6.07 Å². The molecule has 0 aromatic heterocycles. The summed E-state index contributed by atoms with van der Waals surface area (Å²) >= 11 is 0. The van der Waals surface area contributed by atoms with E-state index < -0.39 is 0 Å². The fourth-order valence-electron chi connectivity index (χ4n) is 2.65. The Morgan fingerprint density at radius 2 is 1.82 bits per heavy atom. The topological polar surface area (TPSA) is 46.3 Å². The Morgan fingerprint density at radius 3 is 2.41 bits per heavy atom. The van der Waals surface area contributed by atoms with Crippen molar-refractivity contribution in [3.63, 3.8) is 0 Å². The van der Waals surface area contributed by atoms with Crippen molar-refractivity contribution < 1.29 is 4.79 Å². The highest BCUT2D eigenvalue weighted by atomic mass is 16.2. The molecular formula is C14H20N2O. The van der Waals surface area contributed by atoms with Crippen molar-refractivity contribution in [2.45, 2.75) is 45.2 Å². The molecule has 0 aliphatic carbocycles. The van der Waals surface area contributed by atoms with Crippen LogP contribution in [0.15, 0.2) is 24.3 Å². The van der Waals surface area contributed by atoms with Gasteiger partial charge in [0.15, 0.2) is 0 Å². The van der Waals surface area contributed by atoms with Gasteiger partial charge in [0, 0.05) is 17.8 Å². The van der Waals surface area contributed by atoms with Gasteiger partial charge in [-0.1, -0.05) is 12.1 Å². The second-order valence-corrected chi connectivity index (χ2v) is 4.93. The number of piperidine rings is 1. The molecule has 92 valence electrons. The number of nitrogen functional groups attached to an aromatic ring is 1. The summed E-state index contributed by atoms with van der Waals surface area (Å²) in [4.78, 5) is 14.5. The molecule has 1 amide bonds. The summed E-state index contributed by atoms with van der Waals surface area (Å²) in [6.45, 7) is 4.24. The molecule has 1 aromatic carbocycles. The van der Waals surface area contributed by atoms with Crippen molar-refractivity contribution >= 4 is 11.6 Å². The average Bonchev–Trinajstić information content (AvgIpc) is 2.29. The maximum atomic E-state index is 12.5. The van der Waals surface area contributed by atoms with E-state index in [-0.39, 0.29) is 5.91 Å². The van der Waals surface area contributed by atoms with Crippen molar-refractivity contribution in [1.29, 1.82) is 0 Å². The monoisotopic (exact) mass is 232 g/mol. The number of hydrogen-bond donors (Lipinski definition) is 1. The van der Waals surface area contributed by atoms with Gasteiger partial charge in [-0.05, 0) is 45.2 Å². The van der Waals surface area contributed by atoms with E-state index in [4.69, 9.17) is 5.73 Å². The molecule has 0 spiro atoms.